The summed E-state index contributed by atoms with van der Waals surface area (Å²) in [6.07, 6.45) is 1.66. The lowest BCUT2D eigenvalue weighted by atomic mass is 10.2. The first-order valence-corrected chi connectivity index (χ1v) is 10.8. The minimum Gasteiger partial charge on any atom is -0.489 e. The third-order valence-electron chi connectivity index (χ3n) is 4.78. The second-order valence-electron chi connectivity index (χ2n) is 7.49. The van der Waals surface area contributed by atoms with Crippen molar-refractivity contribution in [2.45, 2.75) is 26.4 Å². The van der Waals surface area contributed by atoms with Crippen LogP contribution in [0.5, 0.6) is 5.75 Å². The quantitative estimate of drug-likeness (QED) is 0.334. The third-order valence-corrected chi connectivity index (χ3v) is 5.27. The molecule has 1 aromatic heterocycles. The van der Waals surface area contributed by atoms with E-state index in [1.54, 1.807) is 12.3 Å². The lowest BCUT2D eigenvalue weighted by Crippen LogP contribution is -2.23. The molecule has 3 aromatic carbocycles. The molecule has 5 nitrogen and oxygen atoms in total. The van der Waals surface area contributed by atoms with Gasteiger partial charge in [-0.25, -0.2) is 4.98 Å². The highest BCUT2D eigenvalue weighted by Crippen LogP contribution is 2.19. The number of hydrogen-bond acceptors (Lipinski definition) is 4. The van der Waals surface area contributed by atoms with E-state index in [2.05, 4.69) is 26.0 Å². The summed E-state index contributed by atoms with van der Waals surface area (Å²) in [4.78, 5) is 17.8. The molecule has 4 aromatic rings. The molecular formula is C25H22BrN3O2. The fourth-order valence-electron chi connectivity index (χ4n) is 3.20. The van der Waals surface area contributed by atoms with Gasteiger partial charge in [-0.3, -0.25) is 4.79 Å². The topological polar surface area (TPSA) is 56.5 Å². The number of halogens is 1. The fraction of sp³-hybridized carbons (Fsp3) is 0.160. The zero-order chi connectivity index (χ0) is 21.8. The summed E-state index contributed by atoms with van der Waals surface area (Å²) in [5.74, 6) is 1.40. The van der Waals surface area contributed by atoms with Gasteiger partial charge >= 0.3 is 0 Å². The van der Waals surface area contributed by atoms with Crippen LogP contribution in [0.3, 0.4) is 0 Å². The Balaban J connectivity index is 1.64. The predicted molar refractivity (Wildman–Crippen MR) is 128 cm³/mol. The summed E-state index contributed by atoms with van der Waals surface area (Å²) in [7, 11) is 0. The molecule has 0 N–H and O–H groups in total. The van der Waals surface area contributed by atoms with E-state index in [9.17, 15) is 4.79 Å². The number of benzene rings is 3. The van der Waals surface area contributed by atoms with Crippen LogP contribution in [0.4, 0.5) is 0 Å². The Morgan fingerprint density at radius 1 is 1.06 bits per heavy atom. The largest absolute Gasteiger partial charge is 0.489 e. The molecule has 0 radical (unpaired) electrons. The highest BCUT2D eigenvalue weighted by atomic mass is 79.9. The van der Waals surface area contributed by atoms with Crippen molar-refractivity contribution >= 4 is 33.0 Å². The Morgan fingerprint density at radius 3 is 2.65 bits per heavy atom. The summed E-state index contributed by atoms with van der Waals surface area (Å²) in [6, 6.07) is 23.1. The van der Waals surface area contributed by atoms with Crippen LogP contribution in [0.1, 0.15) is 36.7 Å². The van der Waals surface area contributed by atoms with Gasteiger partial charge in [0.25, 0.3) is 5.56 Å². The monoisotopic (exact) mass is 475 g/mol. The van der Waals surface area contributed by atoms with Crippen molar-refractivity contribution < 1.29 is 4.74 Å². The van der Waals surface area contributed by atoms with Gasteiger partial charge in [0.1, 0.15) is 18.2 Å². The van der Waals surface area contributed by atoms with E-state index in [4.69, 9.17) is 4.74 Å². The smallest absolute Gasteiger partial charge is 0.282 e. The lowest BCUT2D eigenvalue weighted by Gasteiger charge is -2.12. The maximum atomic E-state index is 13.1. The van der Waals surface area contributed by atoms with Gasteiger partial charge in [0, 0.05) is 10.4 Å². The molecule has 4 rings (SSSR count). The fourth-order valence-corrected chi connectivity index (χ4v) is 3.56. The standard InChI is InChI=1S/C25H22BrN3O2/c1-17(2)24-28-23-12-11-20(26)14-22(23)25(30)29(24)27-15-19-9-6-10-21(13-19)31-16-18-7-4-3-5-8-18/h3-15,17H,16H2,1-2H3. The van der Waals surface area contributed by atoms with Crippen LogP contribution in [-0.2, 0) is 6.61 Å². The number of rotatable bonds is 6. The lowest BCUT2D eigenvalue weighted by molar-refractivity contribution is 0.306. The van der Waals surface area contributed by atoms with Gasteiger partial charge in [0.05, 0.1) is 17.1 Å². The maximum Gasteiger partial charge on any atom is 0.282 e. The zero-order valence-corrected chi connectivity index (χ0v) is 18.9. The van der Waals surface area contributed by atoms with Crippen molar-refractivity contribution in [3.8, 4) is 5.75 Å². The summed E-state index contributed by atoms with van der Waals surface area (Å²) in [5, 5.41) is 5.01. The molecule has 0 atom stereocenters. The number of hydrogen-bond donors (Lipinski definition) is 0. The Labute approximate surface area is 189 Å². The average Bonchev–Trinajstić information content (AvgIpc) is 2.78. The average molecular weight is 476 g/mol. The van der Waals surface area contributed by atoms with Crippen molar-refractivity contribution in [2.75, 3.05) is 0 Å². The molecule has 6 heteroatoms. The van der Waals surface area contributed by atoms with E-state index in [-0.39, 0.29) is 11.5 Å². The molecule has 0 aliphatic carbocycles. The van der Waals surface area contributed by atoms with Gasteiger partial charge < -0.3 is 4.74 Å². The molecule has 0 unspecified atom stereocenters. The number of fused-ring (bicyclic) bond motifs is 1. The van der Waals surface area contributed by atoms with Crippen molar-refractivity contribution in [3.05, 3.63) is 105 Å². The SMILES string of the molecule is CC(C)c1nc2ccc(Br)cc2c(=O)n1N=Cc1cccc(OCc2ccccc2)c1. The van der Waals surface area contributed by atoms with Crippen molar-refractivity contribution in [3.63, 3.8) is 0 Å². The van der Waals surface area contributed by atoms with Gasteiger partial charge in [-0.05, 0) is 41.5 Å². The summed E-state index contributed by atoms with van der Waals surface area (Å²) in [6.45, 7) is 4.48. The maximum absolute atomic E-state index is 13.1. The molecule has 0 spiro atoms. The second kappa shape index (κ2) is 9.27. The van der Waals surface area contributed by atoms with Gasteiger partial charge in [0.2, 0.25) is 0 Å². The van der Waals surface area contributed by atoms with E-state index in [1.165, 1.54) is 4.68 Å². The Bertz CT molecular complexity index is 1300. The number of aromatic nitrogens is 2. The van der Waals surface area contributed by atoms with E-state index in [1.807, 2.05) is 80.6 Å². The molecule has 0 amide bonds. The zero-order valence-electron chi connectivity index (χ0n) is 17.3. The van der Waals surface area contributed by atoms with Gasteiger partial charge in [-0.2, -0.15) is 9.78 Å². The van der Waals surface area contributed by atoms with Crippen LogP contribution in [0.25, 0.3) is 10.9 Å². The van der Waals surface area contributed by atoms with Crippen LogP contribution in [-0.4, -0.2) is 15.9 Å². The second-order valence-corrected chi connectivity index (χ2v) is 8.41. The molecule has 0 bridgehead atoms. The highest BCUT2D eigenvalue weighted by molar-refractivity contribution is 9.10. The Morgan fingerprint density at radius 2 is 1.87 bits per heavy atom. The van der Waals surface area contributed by atoms with Crippen molar-refractivity contribution in [1.29, 1.82) is 0 Å². The van der Waals surface area contributed by atoms with Gasteiger partial charge in [-0.1, -0.05) is 72.2 Å². The third kappa shape index (κ3) is 4.91. The first-order chi connectivity index (χ1) is 15.0. The van der Waals surface area contributed by atoms with Gasteiger partial charge in [-0.15, -0.1) is 0 Å². The minimum absolute atomic E-state index is 0.0402. The molecule has 0 saturated heterocycles. The minimum atomic E-state index is -0.192. The van der Waals surface area contributed by atoms with Crippen LogP contribution < -0.4 is 10.3 Å². The van der Waals surface area contributed by atoms with E-state index in [0.29, 0.717) is 23.3 Å². The Hall–Kier alpha value is -3.25. The van der Waals surface area contributed by atoms with Crippen molar-refractivity contribution in [2.24, 2.45) is 5.10 Å². The highest BCUT2D eigenvalue weighted by Gasteiger charge is 2.13. The predicted octanol–water partition coefficient (Wildman–Crippen LogP) is 5.74. The molecule has 156 valence electrons. The molecule has 0 aliphatic rings. The molecule has 0 fully saturated rings. The Kier molecular flexibility index (Phi) is 6.28. The van der Waals surface area contributed by atoms with E-state index >= 15 is 0 Å². The first kappa shape index (κ1) is 21.0. The van der Waals surface area contributed by atoms with E-state index in [0.717, 1.165) is 21.3 Å². The summed E-state index contributed by atoms with van der Waals surface area (Å²) < 4.78 is 8.11. The molecule has 0 saturated carbocycles. The van der Waals surface area contributed by atoms with Crippen molar-refractivity contribution in [1.82, 2.24) is 9.66 Å². The first-order valence-electron chi connectivity index (χ1n) is 10.0. The van der Waals surface area contributed by atoms with Crippen LogP contribution in [0.2, 0.25) is 0 Å². The normalized spacial score (nSPS) is 11.5. The summed E-state index contributed by atoms with van der Waals surface area (Å²) >= 11 is 3.43. The summed E-state index contributed by atoms with van der Waals surface area (Å²) in [5.41, 5.74) is 2.41. The van der Waals surface area contributed by atoms with E-state index < -0.39 is 0 Å². The number of nitrogens with zero attached hydrogens (tertiary/aromatic N) is 3. The molecule has 0 aliphatic heterocycles. The van der Waals surface area contributed by atoms with Crippen LogP contribution in [0.15, 0.2) is 87.2 Å². The van der Waals surface area contributed by atoms with Crippen LogP contribution >= 0.6 is 15.9 Å². The van der Waals surface area contributed by atoms with Crippen LogP contribution in [0, 0.1) is 0 Å². The van der Waals surface area contributed by atoms with Gasteiger partial charge in [0.15, 0.2) is 0 Å². The molecule has 31 heavy (non-hydrogen) atoms. The number of ether oxygens (including phenoxy) is 1. The molecule has 1 heterocycles. The molecular weight excluding hydrogens is 454 g/mol.